The van der Waals surface area contributed by atoms with Crippen molar-refractivity contribution in [2.45, 2.75) is 18.5 Å². The molecule has 0 radical (unpaired) electrons. The molecule has 0 saturated carbocycles. The highest BCUT2D eigenvalue weighted by molar-refractivity contribution is 6.33. The fraction of sp³-hybridized carbons (Fsp3) is 0.368. The van der Waals surface area contributed by atoms with E-state index in [1.165, 1.54) is 5.56 Å². The van der Waals surface area contributed by atoms with Crippen molar-refractivity contribution in [1.29, 1.82) is 0 Å². The second kappa shape index (κ2) is 7.43. The highest BCUT2D eigenvalue weighted by atomic mass is 35.5. The molecule has 3 rings (SSSR count). The highest BCUT2D eigenvalue weighted by Crippen LogP contribution is 2.38. The number of likely N-dealkylation sites (tertiary alicyclic amines) is 1. The average Bonchev–Trinajstić information content (AvgIpc) is 2.97. The minimum absolute atomic E-state index is 0.131. The van der Waals surface area contributed by atoms with Crippen LogP contribution in [0.4, 0.5) is 0 Å². The summed E-state index contributed by atoms with van der Waals surface area (Å²) in [7, 11) is 3.21. The molecule has 2 aromatic carbocycles. The normalized spacial score (nSPS) is 21.0. The van der Waals surface area contributed by atoms with Gasteiger partial charge in [-0.05, 0) is 17.2 Å². The second-order valence-electron chi connectivity index (χ2n) is 6.15. The number of nitrogens with zero attached hydrogens (tertiary/aromatic N) is 1. The third-order valence-electron chi connectivity index (χ3n) is 4.63. The Balaban J connectivity index is 1.76. The van der Waals surface area contributed by atoms with Crippen molar-refractivity contribution in [2.75, 3.05) is 27.3 Å². The van der Waals surface area contributed by atoms with Crippen molar-refractivity contribution in [3.8, 4) is 11.5 Å². The summed E-state index contributed by atoms with van der Waals surface area (Å²) < 4.78 is 10.7. The van der Waals surface area contributed by atoms with Crippen LogP contribution in [0.2, 0.25) is 5.02 Å². The number of hydrogen-bond acceptors (Lipinski definition) is 4. The predicted molar refractivity (Wildman–Crippen MR) is 97.0 cm³/mol. The predicted octanol–water partition coefficient (Wildman–Crippen LogP) is 3.28. The Morgan fingerprint density at radius 2 is 1.83 bits per heavy atom. The lowest BCUT2D eigenvalue weighted by atomic mass is 9.95. The number of hydrogen-bond donors (Lipinski definition) is 1. The standard InChI is InChI=1S/C19H23ClN2O2/c1-23-17-9-8-14(18(20)19(17)24-2)10-22-11-15(16(21)12-22)13-6-4-3-5-7-13/h3-9,15-16H,10-12,21H2,1-2H3/t15-,16+/m0/s1. The van der Waals surface area contributed by atoms with E-state index in [-0.39, 0.29) is 6.04 Å². The van der Waals surface area contributed by atoms with Gasteiger partial charge in [-0.1, -0.05) is 48.0 Å². The van der Waals surface area contributed by atoms with Gasteiger partial charge in [0.15, 0.2) is 11.5 Å². The van der Waals surface area contributed by atoms with E-state index in [0.717, 1.165) is 25.2 Å². The van der Waals surface area contributed by atoms with E-state index < -0.39 is 0 Å². The van der Waals surface area contributed by atoms with E-state index in [4.69, 9.17) is 26.8 Å². The Bertz CT molecular complexity index is 693. The molecular weight excluding hydrogens is 324 g/mol. The SMILES string of the molecule is COc1ccc(CN2C[C@@H](N)[C@H](c3ccccc3)C2)c(Cl)c1OC. The Morgan fingerprint density at radius 3 is 2.50 bits per heavy atom. The van der Waals surface area contributed by atoms with Crippen molar-refractivity contribution < 1.29 is 9.47 Å². The van der Waals surface area contributed by atoms with Gasteiger partial charge in [-0.25, -0.2) is 0 Å². The molecule has 0 aliphatic carbocycles. The summed E-state index contributed by atoms with van der Waals surface area (Å²) in [6.07, 6.45) is 0. The maximum absolute atomic E-state index is 6.50. The average molecular weight is 347 g/mol. The van der Waals surface area contributed by atoms with Gasteiger partial charge in [0.1, 0.15) is 0 Å². The summed E-state index contributed by atoms with van der Waals surface area (Å²) in [5, 5.41) is 0.605. The number of ether oxygens (including phenoxy) is 2. The first-order valence-corrected chi connectivity index (χ1v) is 8.44. The Labute approximate surface area is 148 Å². The molecule has 0 unspecified atom stereocenters. The van der Waals surface area contributed by atoms with Crippen LogP contribution in [0.1, 0.15) is 17.0 Å². The zero-order valence-electron chi connectivity index (χ0n) is 14.0. The fourth-order valence-electron chi connectivity index (χ4n) is 3.39. The first-order valence-electron chi connectivity index (χ1n) is 8.06. The maximum atomic E-state index is 6.50. The van der Waals surface area contributed by atoms with Crippen LogP contribution in [0, 0.1) is 0 Å². The van der Waals surface area contributed by atoms with Crippen LogP contribution in [0.5, 0.6) is 11.5 Å². The van der Waals surface area contributed by atoms with E-state index in [1.807, 2.05) is 18.2 Å². The number of rotatable bonds is 5. The van der Waals surface area contributed by atoms with Crippen molar-refractivity contribution in [2.24, 2.45) is 5.73 Å². The lowest BCUT2D eigenvalue weighted by Crippen LogP contribution is -2.28. The first kappa shape index (κ1) is 17.1. The number of benzene rings is 2. The molecular formula is C19H23ClN2O2. The summed E-state index contributed by atoms with van der Waals surface area (Å²) in [6, 6.07) is 14.5. The second-order valence-corrected chi connectivity index (χ2v) is 6.53. The largest absolute Gasteiger partial charge is 0.493 e. The molecule has 0 spiro atoms. The molecule has 2 aromatic rings. The van der Waals surface area contributed by atoms with Crippen LogP contribution in [0.3, 0.4) is 0 Å². The van der Waals surface area contributed by atoms with Gasteiger partial charge in [0.25, 0.3) is 0 Å². The molecule has 1 aliphatic heterocycles. The van der Waals surface area contributed by atoms with E-state index in [9.17, 15) is 0 Å². The van der Waals surface area contributed by atoms with Gasteiger partial charge in [0.2, 0.25) is 0 Å². The summed E-state index contributed by atoms with van der Waals surface area (Å²) in [5.74, 6) is 1.58. The topological polar surface area (TPSA) is 47.7 Å². The molecule has 5 heteroatoms. The molecule has 128 valence electrons. The molecule has 2 atom stereocenters. The van der Waals surface area contributed by atoms with Gasteiger partial charge in [0.05, 0.1) is 19.2 Å². The van der Waals surface area contributed by atoms with Crippen molar-refractivity contribution in [3.63, 3.8) is 0 Å². The molecule has 2 N–H and O–H groups in total. The first-order chi connectivity index (χ1) is 11.6. The van der Waals surface area contributed by atoms with Crippen molar-refractivity contribution >= 4 is 11.6 Å². The smallest absolute Gasteiger partial charge is 0.179 e. The van der Waals surface area contributed by atoms with Crippen LogP contribution < -0.4 is 15.2 Å². The minimum Gasteiger partial charge on any atom is -0.493 e. The molecule has 4 nitrogen and oxygen atoms in total. The molecule has 24 heavy (non-hydrogen) atoms. The minimum atomic E-state index is 0.131. The Morgan fingerprint density at radius 1 is 1.08 bits per heavy atom. The van der Waals surface area contributed by atoms with Gasteiger partial charge in [0, 0.05) is 31.6 Å². The molecule has 0 amide bonds. The maximum Gasteiger partial charge on any atom is 0.179 e. The Hall–Kier alpha value is -1.75. The summed E-state index contributed by atoms with van der Waals surface area (Å²) in [4.78, 5) is 2.34. The fourth-order valence-corrected chi connectivity index (χ4v) is 3.68. The van der Waals surface area contributed by atoms with Crippen LogP contribution in [0.25, 0.3) is 0 Å². The molecule has 1 aliphatic rings. The van der Waals surface area contributed by atoms with E-state index in [0.29, 0.717) is 22.4 Å². The van der Waals surface area contributed by atoms with Crippen LogP contribution in [0.15, 0.2) is 42.5 Å². The molecule has 0 aromatic heterocycles. The summed E-state index contributed by atoms with van der Waals surface area (Å²) >= 11 is 6.50. The van der Waals surface area contributed by atoms with Gasteiger partial charge in [-0.3, -0.25) is 4.90 Å². The van der Waals surface area contributed by atoms with Gasteiger partial charge >= 0.3 is 0 Å². The quantitative estimate of drug-likeness (QED) is 0.902. The van der Waals surface area contributed by atoms with E-state index in [2.05, 4.69) is 29.2 Å². The molecule has 0 bridgehead atoms. The molecule has 1 saturated heterocycles. The van der Waals surface area contributed by atoms with Crippen molar-refractivity contribution in [3.05, 3.63) is 58.6 Å². The van der Waals surface area contributed by atoms with Gasteiger partial charge < -0.3 is 15.2 Å². The number of nitrogens with two attached hydrogens (primary N) is 1. The van der Waals surface area contributed by atoms with Crippen LogP contribution >= 0.6 is 11.6 Å². The number of halogens is 1. The third-order valence-corrected chi connectivity index (χ3v) is 5.04. The molecule has 1 heterocycles. The monoisotopic (exact) mass is 346 g/mol. The number of methoxy groups -OCH3 is 2. The zero-order chi connectivity index (χ0) is 17.1. The van der Waals surface area contributed by atoms with E-state index >= 15 is 0 Å². The van der Waals surface area contributed by atoms with Gasteiger partial charge in [-0.2, -0.15) is 0 Å². The van der Waals surface area contributed by atoms with Crippen LogP contribution in [-0.4, -0.2) is 38.3 Å². The lowest BCUT2D eigenvalue weighted by Gasteiger charge is -2.19. The lowest BCUT2D eigenvalue weighted by molar-refractivity contribution is 0.321. The summed E-state index contributed by atoms with van der Waals surface area (Å²) in [6.45, 7) is 2.52. The highest BCUT2D eigenvalue weighted by Gasteiger charge is 2.31. The van der Waals surface area contributed by atoms with E-state index in [1.54, 1.807) is 14.2 Å². The zero-order valence-corrected chi connectivity index (χ0v) is 14.8. The Kier molecular flexibility index (Phi) is 5.29. The van der Waals surface area contributed by atoms with Crippen LogP contribution in [-0.2, 0) is 6.54 Å². The van der Waals surface area contributed by atoms with Crippen molar-refractivity contribution in [1.82, 2.24) is 4.90 Å². The van der Waals surface area contributed by atoms with Gasteiger partial charge in [-0.15, -0.1) is 0 Å². The molecule has 1 fully saturated rings. The third kappa shape index (κ3) is 3.36. The summed E-state index contributed by atoms with van der Waals surface area (Å²) in [5.41, 5.74) is 8.70.